The highest BCUT2D eigenvalue weighted by atomic mass is 16.4. The zero-order chi connectivity index (χ0) is 13.1. The normalized spacial score (nSPS) is 20.6. The maximum absolute atomic E-state index is 5.98. The van der Waals surface area contributed by atoms with Crippen LogP contribution in [0.3, 0.4) is 0 Å². The van der Waals surface area contributed by atoms with Gasteiger partial charge in [0.25, 0.3) is 0 Å². The van der Waals surface area contributed by atoms with Crippen LogP contribution in [-0.2, 0) is 6.54 Å². The third kappa shape index (κ3) is 3.03. The van der Waals surface area contributed by atoms with Gasteiger partial charge in [-0.25, -0.2) is 4.98 Å². The van der Waals surface area contributed by atoms with Gasteiger partial charge in [-0.3, -0.25) is 4.90 Å². The van der Waals surface area contributed by atoms with E-state index in [-0.39, 0.29) is 6.04 Å². The summed E-state index contributed by atoms with van der Waals surface area (Å²) >= 11 is 0. The Morgan fingerprint density at radius 3 is 2.95 bits per heavy atom. The van der Waals surface area contributed by atoms with Crippen LogP contribution < -0.4 is 5.73 Å². The number of aromatic nitrogens is 1. The highest BCUT2D eigenvalue weighted by Crippen LogP contribution is 2.21. The number of hydrogen-bond acceptors (Lipinski definition) is 4. The third-order valence-electron chi connectivity index (χ3n) is 3.51. The predicted molar refractivity (Wildman–Crippen MR) is 74.4 cm³/mol. The largest absolute Gasteiger partial charge is 0.439 e. The Labute approximate surface area is 113 Å². The molecule has 1 aliphatic heterocycles. The van der Waals surface area contributed by atoms with Crippen LogP contribution in [0.2, 0.25) is 0 Å². The zero-order valence-electron chi connectivity index (χ0n) is 11.0. The molecule has 1 atom stereocenters. The van der Waals surface area contributed by atoms with E-state index >= 15 is 0 Å². The lowest BCUT2D eigenvalue weighted by atomic mass is 10.1. The number of piperidine rings is 1. The van der Waals surface area contributed by atoms with Crippen LogP contribution in [0.4, 0.5) is 0 Å². The fourth-order valence-corrected chi connectivity index (χ4v) is 2.55. The second-order valence-electron chi connectivity index (χ2n) is 5.12. The molecule has 2 heterocycles. The topological polar surface area (TPSA) is 55.3 Å². The first-order chi connectivity index (χ1) is 9.31. The van der Waals surface area contributed by atoms with Crippen molar-refractivity contribution in [1.29, 1.82) is 0 Å². The van der Waals surface area contributed by atoms with Crippen molar-refractivity contribution in [1.82, 2.24) is 9.88 Å². The lowest BCUT2D eigenvalue weighted by molar-refractivity contribution is 0.185. The zero-order valence-corrected chi connectivity index (χ0v) is 11.0. The van der Waals surface area contributed by atoms with Gasteiger partial charge in [-0.05, 0) is 19.4 Å². The lowest BCUT2D eigenvalue weighted by Gasteiger charge is -2.29. The summed E-state index contributed by atoms with van der Waals surface area (Å²) in [5.74, 6) is 1.60. The average molecular weight is 257 g/mol. The molecule has 1 aromatic heterocycles. The van der Waals surface area contributed by atoms with Crippen LogP contribution in [-0.4, -0.2) is 29.0 Å². The second-order valence-corrected chi connectivity index (χ2v) is 5.12. The molecule has 1 aliphatic rings. The molecule has 3 rings (SSSR count). The van der Waals surface area contributed by atoms with E-state index in [0.717, 1.165) is 49.7 Å². The Balaban J connectivity index is 1.68. The lowest BCUT2D eigenvalue weighted by Crippen LogP contribution is -2.42. The molecule has 4 heteroatoms. The number of hydrogen-bond donors (Lipinski definition) is 1. The van der Waals surface area contributed by atoms with Gasteiger partial charge in [0, 0.05) is 18.2 Å². The molecule has 2 aromatic rings. The number of oxazole rings is 1. The van der Waals surface area contributed by atoms with Crippen molar-refractivity contribution in [3.8, 4) is 11.3 Å². The van der Waals surface area contributed by atoms with Crippen molar-refractivity contribution in [3.05, 3.63) is 42.4 Å². The van der Waals surface area contributed by atoms with E-state index in [0.29, 0.717) is 0 Å². The van der Waals surface area contributed by atoms with E-state index in [9.17, 15) is 0 Å². The maximum Gasteiger partial charge on any atom is 0.209 e. The smallest absolute Gasteiger partial charge is 0.209 e. The van der Waals surface area contributed by atoms with E-state index in [2.05, 4.69) is 9.88 Å². The first-order valence-electron chi connectivity index (χ1n) is 6.79. The SMILES string of the molecule is N[C@@H]1CCCN(Cc2ncc(-c3ccccc3)o2)C1. The molecular formula is C15H19N3O. The van der Waals surface area contributed by atoms with Gasteiger partial charge < -0.3 is 10.2 Å². The molecule has 0 bridgehead atoms. The molecule has 1 aromatic carbocycles. The number of benzene rings is 1. The van der Waals surface area contributed by atoms with Gasteiger partial charge in [0.1, 0.15) is 0 Å². The molecule has 4 nitrogen and oxygen atoms in total. The summed E-state index contributed by atoms with van der Waals surface area (Å²) in [6.07, 6.45) is 4.08. The molecule has 100 valence electrons. The Morgan fingerprint density at radius 1 is 1.32 bits per heavy atom. The van der Waals surface area contributed by atoms with Crippen molar-refractivity contribution >= 4 is 0 Å². The van der Waals surface area contributed by atoms with Crippen LogP contribution in [0.1, 0.15) is 18.7 Å². The predicted octanol–water partition coefficient (Wildman–Crippen LogP) is 2.26. The summed E-state index contributed by atoms with van der Waals surface area (Å²) in [6.45, 7) is 2.76. The fraction of sp³-hybridized carbons (Fsp3) is 0.400. The van der Waals surface area contributed by atoms with Gasteiger partial charge in [0.2, 0.25) is 5.89 Å². The molecule has 0 aliphatic carbocycles. The first kappa shape index (κ1) is 12.4. The number of nitrogens with two attached hydrogens (primary N) is 1. The highest BCUT2D eigenvalue weighted by Gasteiger charge is 2.18. The van der Waals surface area contributed by atoms with E-state index in [1.807, 2.05) is 30.3 Å². The van der Waals surface area contributed by atoms with Crippen LogP contribution in [0.25, 0.3) is 11.3 Å². The molecule has 0 saturated carbocycles. The summed E-state index contributed by atoms with van der Waals surface area (Å²) in [5, 5.41) is 0. The van der Waals surface area contributed by atoms with Crippen LogP contribution >= 0.6 is 0 Å². The average Bonchev–Trinajstić information content (AvgIpc) is 2.88. The summed E-state index contributed by atoms with van der Waals surface area (Å²) < 4.78 is 5.81. The van der Waals surface area contributed by atoms with Gasteiger partial charge in [-0.15, -0.1) is 0 Å². The number of rotatable bonds is 3. The molecule has 2 N–H and O–H groups in total. The number of likely N-dealkylation sites (tertiary alicyclic amines) is 1. The van der Waals surface area contributed by atoms with Gasteiger partial charge in [0.15, 0.2) is 5.76 Å². The van der Waals surface area contributed by atoms with Crippen LogP contribution in [0.15, 0.2) is 40.9 Å². The summed E-state index contributed by atoms with van der Waals surface area (Å²) in [6, 6.07) is 10.3. The molecule has 1 saturated heterocycles. The van der Waals surface area contributed by atoms with Gasteiger partial charge >= 0.3 is 0 Å². The van der Waals surface area contributed by atoms with Crippen molar-refractivity contribution < 1.29 is 4.42 Å². The molecule has 0 unspecified atom stereocenters. The molecule has 0 spiro atoms. The van der Waals surface area contributed by atoms with Gasteiger partial charge in [-0.1, -0.05) is 30.3 Å². The standard InChI is InChI=1S/C15H19N3O/c16-13-7-4-8-18(10-13)11-15-17-9-14(19-15)12-5-2-1-3-6-12/h1-3,5-6,9,13H,4,7-8,10-11,16H2/t13-/m1/s1. The minimum atomic E-state index is 0.289. The van der Waals surface area contributed by atoms with E-state index in [1.165, 1.54) is 0 Å². The summed E-state index contributed by atoms with van der Waals surface area (Å²) in [5.41, 5.74) is 7.05. The number of nitrogens with zero attached hydrogens (tertiary/aromatic N) is 2. The molecule has 0 radical (unpaired) electrons. The minimum Gasteiger partial charge on any atom is -0.439 e. The Hall–Kier alpha value is -1.65. The van der Waals surface area contributed by atoms with Crippen molar-refractivity contribution in [3.63, 3.8) is 0 Å². The Morgan fingerprint density at radius 2 is 2.16 bits per heavy atom. The van der Waals surface area contributed by atoms with Crippen LogP contribution in [0.5, 0.6) is 0 Å². The van der Waals surface area contributed by atoms with Gasteiger partial charge in [-0.2, -0.15) is 0 Å². The van der Waals surface area contributed by atoms with Gasteiger partial charge in [0.05, 0.1) is 12.7 Å². The fourth-order valence-electron chi connectivity index (χ4n) is 2.55. The monoisotopic (exact) mass is 257 g/mol. The van der Waals surface area contributed by atoms with Crippen molar-refractivity contribution in [2.75, 3.05) is 13.1 Å². The Kier molecular flexibility index (Phi) is 3.62. The third-order valence-corrected chi connectivity index (χ3v) is 3.51. The summed E-state index contributed by atoms with van der Waals surface area (Å²) in [4.78, 5) is 6.68. The molecule has 19 heavy (non-hydrogen) atoms. The molecule has 0 amide bonds. The minimum absolute atomic E-state index is 0.289. The molecule has 1 fully saturated rings. The van der Waals surface area contributed by atoms with E-state index < -0.39 is 0 Å². The molecular weight excluding hydrogens is 238 g/mol. The van der Waals surface area contributed by atoms with Crippen molar-refractivity contribution in [2.24, 2.45) is 5.73 Å². The van der Waals surface area contributed by atoms with Crippen LogP contribution in [0, 0.1) is 0 Å². The maximum atomic E-state index is 5.98. The highest BCUT2D eigenvalue weighted by molar-refractivity contribution is 5.55. The quantitative estimate of drug-likeness (QED) is 0.916. The van der Waals surface area contributed by atoms with E-state index in [1.54, 1.807) is 6.20 Å². The first-order valence-corrected chi connectivity index (χ1v) is 6.79. The van der Waals surface area contributed by atoms with E-state index in [4.69, 9.17) is 10.2 Å². The summed E-state index contributed by atoms with van der Waals surface area (Å²) in [7, 11) is 0. The Bertz CT molecular complexity index is 523. The second kappa shape index (κ2) is 5.55. The van der Waals surface area contributed by atoms with Crippen molar-refractivity contribution in [2.45, 2.75) is 25.4 Å².